The van der Waals surface area contributed by atoms with Crippen LogP contribution in [0.15, 0.2) is 69.9 Å². The van der Waals surface area contributed by atoms with Crippen LogP contribution in [0, 0.1) is 0 Å². The SMILES string of the molecule is C[C@@H](OC(=O)c1cc2ccccc2oc1=O)C(=O)NNC(=O)c1ccccc1. The zero-order valence-corrected chi connectivity index (χ0v) is 14.8. The molecule has 0 saturated heterocycles. The molecule has 0 spiro atoms. The largest absolute Gasteiger partial charge is 0.449 e. The van der Waals surface area contributed by atoms with E-state index in [4.69, 9.17) is 9.15 Å². The number of ether oxygens (including phenoxy) is 1. The fourth-order valence-electron chi connectivity index (χ4n) is 2.36. The Balaban J connectivity index is 1.62. The third-order valence-electron chi connectivity index (χ3n) is 3.85. The standard InChI is InChI=1S/C20H16N2O6/c1-12(17(23)21-22-18(24)13-7-3-2-4-8-13)27-19(25)15-11-14-9-5-6-10-16(14)28-20(15)26/h2-12H,1H3,(H,21,23)(H,22,24)/t12-/m1/s1. The molecular formula is C20H16N2O6. The number of carbonyl (C=O) groups excluding carboxylic acids is 3. The van der Waals surface area contributed by atoms with Crippen LogP contribution < -0.4 is 16.5 Å². The summed E-state index contributed by atoms with van der Waals surface area (Å²) in [6.45, 7) is 1.31. The van der Waals surface area contributed by atoms with Crippen molar-refractivity contribution < 1.29 is 23.5 Å². The number of carbonyl (C=O) groups is 3. The topological polar surface area (TPSA) is 115 Å². The molecule has 28 heavy (non-hydrogen) atoms. The quantitative estimate of drug-likeness (QED) is 0.405. The van der Waals surface area contributed by atoms with Crippen LogP contribution in [0.3, 0.4) is 0 Å². The third kappa shape index (κ3) is 4.24. The Morgan fingerprint density at radius 3 is 2.39 bits per heavy atom. The average molecular weight is 380 g/mol. The number of nitrogens with one attached hydrogen (secondary N) is 2. The van der Waals surface area contributed by atoms with E-state index in [2.05, 4.69) is 10.9 Å². The molecular weight excluding hydrogens is 364 g/mol. The molecule has 8 nitrogen and oxygen atoms in total. The van der Waals surface area contributed by atoms with Gasteiger partial charge in [0.2, 0.25) is 0 Å². The molecule has 3 rings (SSSR count). The molecule has 0 bridgehead atoms. The molecule has 1 aromatic heterocycles. The summed E-state index contributed by atoms with van der Waals surface area (Å²) in [5.74, 6) is -2.29. The van der Waals surface area contributed by atoms with Crippen LogP contribution in [0.4, 0.5) is 0 Å². The van der Waals surface area contributed by atoms with Crippen LogP contribution in [0.1, 0.15) is 27.6 Å². The lowest BCUT2D eigenvalue weighted by Crippen LogP contribution is -2.46. The van der Waals surface area contributed by atoms with Crippen molar-refractivity contribution in [3.63, 3.8) is 0 Å². The zero-order valence-electron chi connectivity index (χ0n) is 14.8. The first-order valence-electron chi connectivity index (χ1n) is 8.35. The van der Waals surface area contributed by atoms with Gasteiger partial charge in [-0.15, -0.1) is 0 Å². The number of benzene rings is 2. The van der Waals surface area contributed by atoms with E-state index >= 15 is 0 Å². The number of fused-ring (bicyclic) bond motifs is 1. The maximum Gasteiger partial charge on any atom is 0.351 e. The van der Waals surface area contributed by atoms with Gasteiger partial charge in [0, 0.05) is 10.9 Å². The van der Waals surface area contributed by atoms with Gasteiger partial charge in [-0.1, -0.05) is 36.4 Å². The second-order valence-corrected chi connectivity index (χ2v) is 5.84. The van der Waals surface area contributed by atoms with E-state index in [1.54, 1.807) is 54.6 Å². The van der Waals surface area contributed by atoms with E-state index in [0.29, 0.717) is 16.5 Å². The molecule has 0 radical (unpaired) electrons. The highest BCUT2D eigenvalue weighted by Gasteiger charge is 2.22. The number of hydrogen-bond acceptors (Lipinski definition) is 6. The lowest BCUT2D eigenvalue weighted by atomic mass is 10.2. The number of esters is 1. The Labute approximate surface area is 159 Å². The predicted octanol–water partition coefficient (Wildman–Crippen LogP) is 1.80. The van der Waals surface area contributed by atoms with Gasteiger partial charge in [0.05, 0.1) is 0 Å². The minimum absolute atomic E-state index is 0.327. The molecule has 2 N–H and O–H groups in total. The van der Waals surface area contributed by atoms with Crippen molar-refractivity contribution in [2.75, 3.05) is 0 Å². The molecule has 0 saturated carbocycles. The third-order valence-corrected chi connectivity index (χ3v) is 3.85. The summed E-state index contributed by atoms with van der Waals surface area (Å²) < 4.78 is 10.1. The van der Waals surface area contributed by atoms with Gasteiger partial charge in [-0.3, -0.25) is 20.4 Å². The Morgan fingerprint density at radius 2 is 1.64 bits per heavy atom. The number of hydrazine groups is 1. The van der Waals surface area contributed by atoms with E-state index in [1.165, 1.54) is 13.0 Å². The zero-order chi connectivity index (χ0) is 20.1. The van der Waals surface area contributed by atoms with E-state index in [1.807, 2.05) is 0 Å². The Morgan fingerprint density at radius 1 is 0.964 bits per heavy atom. The maximum atomic E-state index is 12.2. The predicted molar refractivity (Wildman–Crippen MR) is 99.4 cm³/mol. The number of amides is 2. The van der Waals surface area contributed by atoms with Crippen LogP contribution in [-0.2, 0) is 9.53 Å². The maximum absolute atomic E-state index is 12.2. The molecule has 0 aliphatic rings. The molecule has 142 valence electrons. The Hall–Kier alpha value is -3.94. The van der Waals surface area contributed by atoms with Gasteiger partial charge in [-0.05, 0) is 31.2 Å². The average Bonchev–Trinajstić information content (AvgIpc) is 2.71. The molecule has 0 aliphatic carbocycles. The number of para-hydroxylation sites is 1. The van der Waals surface area contributed by atoms with E-state index in [0.717, 1.165) is 0 Å². The van der Waals surface area contributed by atoms with Crippen molar-refractivity contribution >= 4 is 28.8 Å². The van der Waals surface area contributed by atoms with Crippen molar-refractivity contribution in [1.82, 2.24) is 10.9 Å². The summed E-state index contributed by atoms with van der Waals surface area (Å²) >= 11 is 0. The smallest absolute Gasteiger partial charge is 0.351 e. The highest BCUT2D eigenvalue weighted by molar-refractivity contribution is 5.97. The second kappa shape index (κ2) is 8.17. The lowest BCUT2D eigenvalue weighted by molar-refractivity contribution is -0.129. The Bertz CT molecular complexity index is 1090. The lowest BCUT2D eigenvalue weighted by Gasteiger charge is -2.14. The highest BCUT2D eigenvalue weighted by Crippen LogP contribution is 2.13. The molecule has 2 amide bonds. The summed E-state index contributed by atoms with van der Waals surface area (Å²) in [6.07, 6.45) is -1.26. The normalized spacial score (nSPS) is 11.5. The number of rotatable bonds is 4. The van der Waals surface area contributed by atoms with Gasteiger partial charge in [-0.25, -0.2) is 9.59 Å². The van der Waals surface area contributed by atoms with Crippen molar-refractivity contribution in [1.29, 1.82) is 0 Å². The molecule has 1 atom stereocenters. The monoisotopic (exact) mass is 380 g/mol. The molecule has 3 aromatic rings. The van der Waals surface area contributed by atoms with E-state index in [9.17, 15) is 19.2 Å². The van der Waals surface area contributed by atoms with E-state index < -0.39 is 29.5 Å². The van der Waals surface area contributed by atoms with Crippen molar-refractivity contribution in [2.45, 2.75) is 13.0 Å². The van der Waals surface area contributed by atoms with Crippen LogP contribution >= 0.6 is 0 Å². The van der Waals surface area contributed by atoms with Crippen molar-refractivity contribution in [3.05, 3.63) is 82.2 Å². The fourth-order valence-corrected chi connectivity index (χ4v) is 2.36. The Kier molecular flexibility index (Phi) is 5.50. The molecule has 8 heteroatoms. The van der Waals surface area contributed by atoms with Gasteiger partial charge in [0.15, 0.2) is 6.10 Å². The van der Waals surface area contributed by atoms with Crippen LogP contribution in [0.5, 0.6) is 0 Å². The van der Waals surface area contributed by atoms with Gasteiger partial charge >= 0.3 is 11.6 Å². The minimum Gasteiger partial charge on any atom is -0.449 e. The number of hydrogen-bond donors (Lipinski definition) is 2. The highest BCUT2D eigenvalue weighted by atomic mass is 16.5. The summed E-state index contributed by atoms with van der Waals surface area (Å²) in [4.78, 5) is 48.1. The first-order chi connectivity index (χ1) is 13.5. The summed E-state index contributed by atoms with van der Waals surface area (Å²) in [5, 5.41) is 0.543. The van der Waals surface area contributed by atoms with Gasteiger partial charge in [0.25, 0.3) is 11.8 Å². The molecule has 1 heterocycles. The molecule has 0 aliphatic heterocycles. The minimum atomic E-state index is -1.26. The molecule has 2 aromatic carbocycles. The summed E-state index contributed by atoms with van der Waals surface area (Å²) in [6, 6.07) is 16.3. The summed E-state index contributed by atoms with van der Waals surface area (Å²) in [7, 11) is 0. The van der Waals surface area contributed by atoms with Crippen molar-refractivity contribution in [3.8, 4) is 0 Å². The van der Waals surface area contributed by atoms with Gasteiger partial charge < -0.3 is 9.15 Å². The van der Waals surface area contributed by atoms with Crippen molar-refractivity contribution in [2.24, 2.45) is 0 Å². The van der Waals surface area contributed by atoms with Gasteiger partial charge in [0.1, 0.15) is 11.1 Å². The molecule has 0 unspecified atom stereocenters. The van der Waals surface area contributed by atoms with E-state index in [-0.39, 0.29) is 5.56 Å². The summed E-state index contributed by atoms with van der Waals surface area (Å²) in [5.41, 5.74) is 3.87. The fraction of sp³-hybridized carbons (Fsp3) is 0.100. The molecule has 0 fully saturated rings. The van der Waals surface area contributed by atoms with Crippen LogP contribution in [-0.4, -0.2) is 23.9 Å². The first kappa shape index (κ1) is 18.8. The van der Waals surface area contributed by atoms with Crippen LogP contribution in [0.25, 0.3) is 11.0 Å². The first-order valence-corrected chi connectivity index (χ1v) is 8.35. The van der Waals surface area contributed by atoms with Gasteiger partial charge in [-0.2, -0.15) is 0 Å². The second-order valence-electron chi connectivity index (χ2n) is 5.84. The van der Waals surface area contributed by atoms with Crippen LogP contribution in [0.2, 0.25) is 0 Å².